The van der Waals surface area contributed by atoms with E-state index >= 15 is 0 Å². The molecule has 3 rings (SSSR count). The SMILES string of the molecule is CCOC(=O)c1oc2ccc(CC(=O)c3c(O)cc(O)cc3O)cc2c1C. The van der Waals surface area contributed by atoms with Crippen LogP contribution in [0.5, 0.6) is 17.2 Å². The third kappa shape index (κ3) is 3.44. The maximum absolute atomic E-state index is 12.5. The molecule has 0 unspecified atom stereocenters. The molecule has 3 aromatic rings. The van der Waals surface area contributed by atoms with E-state index in [0.717, 1.165) is 12.1 Å². The normalized spacial score (nSPS) is 10.9. The summed E-state index contributed by atoms with van der Waals surface area (Å²) in [5, 5.41) is 29.7. The van der Waals surface area contributed by atoms with E-state index in [1.54, 1.807) is 32.0 Å². The number of fused-ring (bicyclic) bond motifs is 1. The van der Waals surface area contributed by atoms with Crippen molar-refractivity contribution < 1.29 is 34.1 Å². The Labute approximate surface area is 154 Å². The number of ether oxygens (including phenoxy) is 1. The van der Waals surface area contributed by atoms with Crippen LogP contribution in [-0.2, 0) is 11.2 Å². The molecule has 140 valence electrons. The van der Waals surface area contributed by atoms with E-state index in [9.17, 15) is 24.9 Å². The van der Waals surface area contributed by atoms with Crippen molar-refractivity contribution in [2.24, 2.45) is 0 Å². The lowest BCUT2D eigenvalue weighted by atomic mass is 9.99. The second-order valence-electron chi connectivity index (χ2n) is 6.07. The van der Waals surface area contributed by atoms with Gasteiger partial charge in [-0.05, 0) is 31.5 Å². The molecule has 0 aliphatic heterocycles. The van der Waals surface area contributed by atoms with Gasteiger partial charge in [-0.15, -0.1) is 0 Å². The van der Waals surface area contributed by atoms with Gasteiger partial charge in [0, 0.05) is 29.5 Å². The Morgan fingerprint density at radius 2 is 1.74 bits per heavy atom. The minimum Gasteiger partial charge on any atom is -0.508 e. The van der Waals surface area contributed by atoms with Gasteiger partial charge < -0.3 is 24.5 Å². The van der Waals surface area contributed by atoms with E-state index in [1.165, 1.54) is 0 Å². The number of Topliss-reactive ketones (excluding diaryl/α,β-unsaturated/α-hetero) is 1. The molecule has 27 heavy (non-hydrogen) atoms. The Hall–Kier alpha value is -3.48. The number of furan rings is 1. The van der Waals surface area contributed by atoms with Gasteiger partial charge in [0.25, 0.3) is 0 Å². The summed E-state index contributed by atoms with van der Waals surface area (Å²) in [7, 11) is 0. The number of carbonyl (C=O) groups excluding carboxylic acids is 2. The van der Waals surface area contributed by atoms with Crippen molar-refractivity contribution in [2.75, 3.05) is 6.61 Å². The van der Waals surface area contributed by atoms with Crippen LogP contribution < -0.4 is 0 Å². The number of esters is 1. The molecule has 0 bridgehead atoms. The minimum absolute atomic E-state index is 0.0960. The van der Waals surface area contributed by atoms with Crippen LogP contribution in [0, 0.1) is 6.92 Å². The molecular formula is C20H18O7. The molecule has 7 nitrogen and oxygen atoms in total. The first-order valence-corrected chi connectivity index (χ1v) is 8.29. The highest BCUT2D eigenvalue weighted by Gasteiger charge is 2.21. The fraction of sp³-hybridized carbons (Fsp3) is 0.200. The van der Waals surface area contributed by atoms with Gasteiger partial charge in [-0.1, -0.05) is 6.07 Å². The average molecular weight is 370 g/mol. The molecule has 0 amide bonds. The van der Waals surface area contributed by atoms with Crippen molar-refractivity contribution >= 4 is 22.7 Å². The highest BCUT2D eigenvalue weighted by Crippen LogP contribution is 2.33. The zero-order chi connectivity index (χ0) is 19.7. The average Bonchev–Trinajstić information content (AvgIpc) is 2.91. The Balaban J connectivity index is 1.93. The molecule has 0 atom stereocenters. The number of rotatable bonds is 5. The van der Waals surface area contributed by atoms with Crippen LogP contribution in [0.2, 0.25) is 0 Å². The molecule has 7 heteroatoms. The smallest absolute Gasteiger partial charge is 0.374 e. The molecule has 0 saturated carbocycles. The zero-order valence-electron chi connectivity index (χ0n) is 14.8. The summed E-state index contributed by atoms with van der Waals surface area (Å²) >= 11 is 0. The Kier molecular flexibility index (Phi) is 4.77. The van der Waals surface area contributed by atoms with Crippen molar-refractivity contribution in [3.63, 3.8) is 0 Å². The lowest BCUT2D eigenvalue weighted by molar-refractivity contribution is 0.0491. The van der Waals surface area contributed by atoms with E-state index in [-0.39, 0.29) is 30.1 Å². The van der Waals surface area contributed by atoms with E-state index < -0.39 is 23.3 Å². The fourth-order valence-electron chi connectivity index (χ4n) is 2.93. The highest BCUT2D eigenvalue weighted by molar-refractivity contribution is 6.03. The fourth-order valence-corrected chi connectivity index (χ4v) is 2.93. The van der Waals surface area contributed by atoms with E-state index in [1.807, 2.05) is 0 Å². The van der Waals surface area contributed by atoms with Crippen molar-refractivity contribution in [2.45, 2.75) is 20.3 Å². The van der Waals surface area contributed by atoms with Crippen molar-refractivity contribution in [3.8, 4) is 17.2 Å². The minimum atomic E-state index is -0.553. The Morgan fingerprint density at radius 1 is 1.07 bits per heavy atom. The molecule has 0 fully saturated rings. The van der Waals surface area contributed by atoms with Gasteiger partial charge in [-0.2, -0.15) is 0 Å². The molecule has 0 aliphatic carbocycles. The molecular weight excluding hydrogens is 352 g/mol. The van der Waals surface area contributed by atoms with Crippen molar-refractivity contribution in [1.82, 2.24) is 0 Å². The number of hydrogen-bond acceptors (Lipinski definition) is 7. The van der Waals surface area contributed by atoms with E-state index in [0.29, 0.717) is 22.1 Å². The third-order valence-corrected chi connectivity index (χ3v) is 4.19. The molecule has 1 heterocycles. The summed E-state index contributed by atoms with van der Waals surface area (Å²) in [4.78, 5) is 24.4. The summed E-state index contributed by atoms with van der Waals surface area (Å²) in [6.07, 6.45) is -0.0960. The van der Waals surface area contributed by atoms with E-state index in [2.05, 4.69) is 0 Å². The molecule has 2 aromatic carbocycles. The number of aryl methyl sites for hydroxylation is 1. The first-order valence-electron chi connectivity index (χ1n) is 8.29. The summed E-state index contributed by atoms with van der Waals surface area (Å²) < 4.78 is 10.5. The topological polar surface area (TPSA) is 117 Å². The van der Waals surface area contributed by atoms with Gasteiger partial charge in [-0.25, -0.2) is 4.79 Å². The summed E-state index contributed by atoms with van der Waals surface area (Å²) in [5.41, 5.74) is 1.44. The predicted octanol–water partition coefficient (Wildman–Crippen LogP) is 3.46. The molecule has 0 radical (unpaired) electrons. The van der Waals surface area contributed by atoms with Crippen molar-refractivity contribution in [1.29, 1.82) is 0 Å². The van der Waals surface area contributed by atoms with Gasteiger partial charge >= 0.3 is 5.97 Å². The number of hydrogen-bond donors (Lipinski definition) is 3. The number of carbonyl (C=O) groups is 2. The molecule has 1 aromatic heterocycles. The zero-order valence-corrected chi connectivity index (χ0v) is 14.8. The number of phenolic OH excluding ortho intramolecular Hbond substituents is 3. The molecule has 0 aliphatic rings. The first kappa shape index (κ1) is 18.3. The number of ketones is 1. The largest absolute Gasteiger partial charge is 0.508 e. The maximum atomic E-state index is 12.5. The third-order valence-electron chi connectivity index (χ3n) is 4.19. The quantitative estimate of drug-likeness (QED) is 0.465. The first-order chi connectivity index (χ1) is 12.8. The van der Waals surface area contributed by atoms with Gasteiger partial charge in [0.15, 0.2) is 5.78 Å². The van der Waals surface area contributed by atoms with Crippen LogP contribution in [0.15, 0.2) is 34.7 Å². The van der Waals surface area contributed by atoms with E-state index in [4.69, 9.17) is 9.15 Å². The van der Waals surface area contributed by atoms with Gasteiger partial charge in [0.1, 0.15) is 28.4 Å². The van der Waals surface area contributed by atoms with Crippen LogP contribution in [0.1, 0.15) is 39.0 Å². The monoisotopic (exact) mass is 370 g/mol. The van der Waals surface area contributed by atoms with Crippen LogP contribution in [0.25, 0.3) is 11.0 Å². The Bertz CT molecular complexity index is 1020. The standard InChI is InChI=1S/C20H18O7/c1-3-26-20(25)19-10(2)13-6-11(4-5-17(13)27-19)7-14(22)18-15(23)8-12(21)9-16(18)24/h4-6,8-9,21,23-24H,3,7H2,1-2H3. The maximum Gasteiger partial charge on any atom is 0.374 e. The lowest BCUT2D eigenvalue weighted by Crippen LogP contribution is -2.05. The van der Waals surface area contributed by atoms with Crippen LogP contribution in [0.4, 0.5) is 0 Å². The van der Waals surface area contributed by atoms with Crippen LogP contribution >= 0.6 is 0 Å². The molecule has 0 spiro atoms. The van der Waals surface area contributed by atoms with Gasteiger partial charge in [0.05, 0.1) is 6.61 Å². The number of benzene rings is 2. The second-order valence-corrected chi connectivity index (χ2v) is 6.07. The van der Waals surface area contributed by atoms with Gasteiger partial charge in [-0.3, -0.25) is 4.79 Å². The van der Waals surface area contributed by atoms with Gasteiger partial charge in [0.2, 0.25) is 5.76 Å². The lowest BCUT2D eigenvalue weighted by Gasteiger charge is -2.07. The van der Waals surface area contributed by atoms with Crippen LogP contribution in [0.3, 0.4) is 0 Å². The second kappa shape index (κ2) is 7.03. The molecule has 3 N–H and O–H groups in total. The highest BCUT2D eigenvalue weighted by atomic mass is 16.5. The summed E-state index contributed by atoms with van der Waals surface area (Å²) in [5.74, 6) is -2.29. The van der Waals surface area contributed by atoms with Crippen LogP contribution in [-0.4, -0.2) is 33.7 Å². The number of aromatic hydroxyl groups is 3. The van der Waals surface area contributed by atoms with Crippen molar-refractivity contribution in [3.05, 3.63) is 52.8 Å². The predicted molar refractivity (Wildman–Crippen MR) is 96.4 cm³/mol. The summed E-state index contributed by atoms with van der Waals surface area (Å²) in [6, 6.07) is 6.99. The molecule has 0 saturated heterocycles. The summed E-state index contributed by atoms with van der Waals surface area (Å²) in [6.45, 7) is 3.66. The number of phenols is 3. The Morgan fingerprint density at radius 3 is 2.37 bits per heavy atom.